The van der Waals surface area contributed by atoms with E-state index in [-0.39, 0.29) is 29.2 Å². The molecular weight excluding hydrogens is 570 g/mol. The van der Waals surface area contributed by atoms with Crippen molar-refractivity contribution in [3.63, 3.8) is 0 Å². The van der Waals surface area contributed by atoms with Crippen molar-refractivity contribution in [2.75, 3.05) is 38.4 Å². The van der Waals surface area contributed by atoms with E-state index in [1.54, 1.807) is 12.1 Å². The molecule has 1 aliphatic heterocycles. The van der Waals surface area contributed by atoms with E-state index in [0.717, 1.165) is 42.7 Å². The van der Waals surface area contributed by atoms with E-state index in [1.165, 1.54) is 31.0 Å². The van der Waals surface area contributed by atoms with Crippen LogP contribution in [0.5, 0.6) is 0 Å². The van der Waals surface area contributed by atoms with Crippen molar-refractivity contribution in [1.82, 2.24) is 9.62 Å². The third-order valence-corrected chi connectivity index (χ3v) is 10.6. The van der Waals surface area contributed by atoms with Gasteiger partial charge in [0.15, 0.2) is 0 Å². The lowest BCUT2D eigenvalue weighted by molar-refractivity contribution is -0.145. The monoisotopic (exact) mass is 606 g/mol. The van der Waals surface area contributed by atoms with Crippen LogP contribution in [0.3, 0.4) is 0 Å². The van der Waals surface area contributed by atoms with Crippen LogP contribution in [0.4, 0.5) is 14.5 Å². The molecule has 1 amide bonds. The van der Waals surface area contributed by atoms with Gasteiger partial charge in [-0.1, -0.05) is 19.3 Å². The number of amides is 1. The van der Waals surface area contributed by atoms with Gasteiger partial charge in [0.1, 0.15) is 23.3 Å². The number of hydrogen-bond donors (Lipinski definition) is 1. The summed E-state index contributed by atoms with van der Waals surface area (Å²) in [6.07, 6.45) is 4.59. The number of benzene rings is 2. The highest BCUT2D eigenvalue weighted by Crippen LogP contribution is 2.36. The first kappa shape index (κ1) is 31.2. The van der Waals surface area contributed by atoms with Crippen LogP contribution in [0.1, 0.15) is 50.5 Å². The van der Waals surface area contributed by atoms with Crippen molar-refractivity contribution in [3.8, 4) is 6.07 Å². The van der Waals surface area contributed by atoms with Gasteiger partial charge in [-0.25, -0.2) is 21.9 Å². The Labute approximate surface area is 245 Å². The second-order valence-electron chi connectivity index (χ2n) is 10.9. The SMILES string of the molecule is COC1(C(=O)NS(=O)(=O)c2cc(F)c(N3CCC(N(C)C)CC3CSc3ccc(F)cc3)c(C#N)c2)CCCCC1. The number of ether oxygens (including phenoxy) is 1. The molecule has 0 spiro atoms. The minimum atomic E-state index is -4.47. The van der Waals surface area contributed by atoms with Crippen molar-refractivity contribution in [3.05, 3.63) is 53.6 Å². The third-order valence-electron chi connectivity index (χ3n) is 8.12. The maximum atomic E-state index is 15.8. The summed E-state index contributed by atoms with van der Waals surface area (Å²) in [5, 5.41) is 9.99. The minimum absolute atomic E-state index is 0.0420. The highest BCUT2D eigenvalue weighted by molar-refractivity contribution is 7.99. The Bertz CT molecular complexity index is 1390. The summed E-state index contributed by atoms with van der Waals surface area (Å²) in [6.45, 7) is 0.461. The molecule has 41 heavy (non-hydrogen) atoms. The van der Waals surface area contributed by atoms with Gasteiger partial charge in [-0.3, -0.25) is 4.79 Å². The number of nitrogens with one attached hydrogen (secondary N) is 1. The second-order valence-corrected chi connectivity index (χ2v) is 13.6. The number of nitriles is 1. The number of carbonyl (C=O) groups excluding carboxylic acids is 1. The molecule has 0 radical (unpaired) electrons. The smallest absolute Gasteiger partial charge is 0.265 e. The predicted molar refractivity (Wildman–Crippen MR) is 154 cm³/mol. The highest BCUT2D eigenvalue weighted by Gasteiger charge is 2.42. The Morgan fingerprint density at radius 1 is 1.20 bits per heavy atom. The molecule has 1 saturated carbocycles. The largest absolute Gasteiger partial charge is 0.368 e. The average molecular weight is 607 g/mol. The first-order valence-electron chi connectivity index (χ1n) is 13.7. The van der Waals surface area contributed by atoms with Crippen LogP contribution < -0.4 is 9.62 Å². The lowest BCUT2D eigenvalue weighted by Crippen LogP contribution is -2.51. The molecule has 1 N–H and O–H groups in total. The predicted octanol–water partition coefficient (Wildman–Crippen LogP) is 4.68. The molecule has 12 heteroatoms. The van der Waals surface area contributed by atoms with Crippen LogP contribution in [0.25, 0.3) is 0 Å². The normalized spacial score (nSPS) is 21.0. The molecule has 2 aromatic carbocycles. The number of rotatable bonds is 9. The van der Waals surface area contributed by atoms with Crippen LogP contribution >= 0.6 is 11.8 Å². The molecule has 1 saturated heterocycles. The van der Waals surface area contributed by atoms with Crippen molar-refractivity contribution < 1.29 is 26.7 Å². The Hall–Kier alpha value is -2.72. The number of nitrogens with zero attached hydrogens (tertiary/aromatic N) is 3. The Kier molecular flexibility index (Phi) is 9.95. The summed E-state index contributed by atoms with van der Waals surface area (Å²) in [4.78, 5) is 17.3. The number of sulfonamides is 1. The van der Waals surface area contributed by atoms with Gasteiger partial charge >= 0.3 is 0 Å². The number of halogens is 2. The number of carbonyl (C=O) groups is 1. The molecule has 0 bridgehead atoms. The van der Waals surface area contributed by atoms with Crippen molar-refractivity contribution >= 4 is 33.4 Å². The molecule has 1 aliphatic carbocycles. The molecular formula is C29H36F2N4O4S2. The van der Waals surface area contributed by atoms with Crippen LogP contribution in [0, 0.1) is 23.0 Å². The maximum absolute atomic E-state index is 15.8. The van der Waals surface area contributed by atoms with Crippen LogP contribution in [-0.2, 0) is 19.6 Å². The van der Waals surface area contributed by atoms with Gasteiger partial charge in [-0.15, -0.1) is 11.8 Å². The van der Waals surface area contributed by atoms with E-state index < -0.39 is 32.2 Å². The zero-order valence-electron chi connectivity index (χ0n) is 23.5. The number of anilines is 1. The zero-order valence-corrected chi connectivity index (χ0v) is 25.2. The topological polar surface area (TPSA) is 103 Å². The van der Waals surface area contributed by atoms with Crippen LogP contribution in [0.2, 0.25) is 0 Å². The number of thioether (sulfide) groups is 1. The lowest BCUT2D eigenvalue weighted by Gasteiger charge is -2.43. The van der Waals surface area contributed by atoms with Gasteiger partial charge < -0.3 is 14.5 Å². The maximum Gasteiger partial charge on any atom is 0.265 e. The fourth-order valence-electron chi connectivity index (χ4n) is 5.70. The van der Waals surface area contributed by atoms with E-state index in [9.17, 15) is 22.9 Å². The van der Waals surface area contributed by atoms with E-state index >= 15 is 4.39 Å². The summed E-state index contributed by atoms with van der Waals surface area (Å²) in [6, 6.07) is 10.2. The fourth-order valence-corrected chi connectivity index (χ4v) is 7.81. The highest BCUT2D eigenvalue weighted by atomic mass is 32.2. The quantitative estimate of drug-likeness (QED) is 0.411. The number of piperidine rings is 1. The molecule has 2 fully saturated rings. The van der Waals surface area contributed by atoms with Gasteiger partial charge in [0.05, 0.1) is 16.1 Å². The van der Waals surface area contributed by atoms with E-state index in [0.29, 0.717) is 31.6 Å². The summed E-state index contributed by atoms with van der Waals surface area (Å²) in [7, 11) is 0.879. The molecule has 2 unspecified atom stereocenters. The number of methoxy groups -OCH3 is 1. The molecule has 0 aromatic heterocycles. The van der Waals surface area contributed by atoms with Crippen molar-refractivity contribution in [1.29, 1.82) is 5.26 Å². The Morgan fingerprint density at radius 3 is 2.49 bits per heavy atom. The summed E-state index contributed by atoms with van der Waals surface area (Å²) < 4.78 is 63.1. The van der Waals surface area contributed by atoms with Crippen molar-refractivity contribution in [2.24, 2.45) is 0 Å². The summed E-state index contributed by atoms with van der Waals surface area (Å²) >= 11 is 1.51. The van der Waals surface area contributed by atoms with Crippen LogP contribution in [-0.4, -0.2) is 70.4 Å². The zero-order chi connectivity index (χ0) is 29.8. The Balaban J connectivity index is 1.62. The number of hydrogen-bond acceptors (Lipinski definition) is 8. The van der Waals surface area contributed by atoms with Gasteiger partial charge in [0.25, 0.3) is 15.9 Å². The molecule has 2 aromatic rings. The van der Waals surface area contributed by atoms with Gasteiger partial charge in [0.2, 0.25) is 0 Å². The van der Waals surface area contributed by atoms with E-state index in [2.05, 4.69) is 9.62 Å². The van der Waals surface area contributed by atoms with E-state index in [1.807, 2.05) is 25.1 Å². The second kappa shape index (κ2) is 13.1. The minimum Gasteiger partial charge on any atom is -0.368 e. The summed E-state index contributed by atoms with van der Waals surface area (Å²) in [5.74, 6) is -1.41. The molecule has 2 atom stereocenters. The molecule has 2 aliphatic rings. The lowest BCUT2D eigenvalue weighted by atomic mass is 9.84. The first-order valence-corrected chi connectivity index (χ1v) is 16.1. The third kappa shape index (κ3) is 7.02. The molecule has 8 nitrogen and oxygen atoms in total. The van der Waals surface area contributed by atoms with Crippen molar-refractivity contribution in [2.45, 2.75) is 72.4 Å². The van der Waals surface area contributed by atoms with E-state index in [4.69, 9.17) is 4.74 Å². The average Bonchev–Trinajstić information content (AvgIpc) is 2.96. The molecule has 1 heterocycles. The standard InChI is InChI=1S/C29H36F2N4O4S2/c1-34(2)22-11-14-35(23(16-22)19-40-24-9-7-21(30)8-10-24)27-20(18-32)15-25(17-26(27)31)41(37,38)33-28(36)29(39-3)12-5-4-6-13-29/h7-10,15,17,22-23H,4-6,11-14,16,19H2,1-3H3,(H,33,36). The molecule has 222 valence electrons. The fraction of sp³-hybridized carbons (Fsp3) is 0.517. The van der Waals surface area contributed by atoms with Gasteiger partial charge in [-0.05, 0) is 76.2 Å². The summed E-state index contributed by atoms with van der Waals surface area (Å²) in [5.41, 5.74) is -1.34. The Morgan fingerprint density at radius 2 is 1.88 bits per heavy atom. The van der Waals surface area contributed by atoms with Crippen LogP contribution in [0.15, 0.2) is 46.2 Å². The first-order chi connectivity index (χ1) is 19.5. The van der Waals surface area contributed by atoms with Gasteiger partial charge in [-0.2, -0.15) is 5.26 Å². The molecule has 4 rings (SSSR count). The van der Waals surface area contributed by atoms with Gasteiger partial charge in [0, 0.05) is 36.4 Å².